The van der Waals surface area contributed by atoms with Gasteiger partial charge in [-0.15, -0.1) is 0 Å². The number of ether oxygens (including phenoxy) is 1. The Morgan fingerprint density at radius 3 is 2.39 bits per heavy atom. The smallest absolute Gasteiger partial charge is 0.347 e. The number of hydrogen-bond donors (Lipinski definition) is 1. The maximum Gasteiger partial charge on any atom is 0.347 e. The van der Waals surface area contributed by atoms with E-state index in [1.54, 1.807) is 42.6 Å². The minimum absolute atomic E-state index is 0.0357. The topological polar surface area (TPSA) is 62.7 Å². The third-order valence-electron chi connectivity index (χ3n) is 7.89. The van der Waals surface area contributed by atoms with E-state index >= 15 is 0 Å². The lowest BCUT2D eigenvalue weighted by atomic mass is 9.89. The van der Waals surface area contributed by atoms with Crippen molar-refractivity contribution in [2.75, 3.05) is 18.0 Å². The Labute approximate surface area is 255 Å². The predicted molar refractivity (Wildman–Crippen MR) is 165 cm³/mol. The summed E-state index contributed by atoms with van der Waals surface area (Å²) in [6.07, 6.45) is 13.6. The number of hydrogen-bond acceptors (Lipinski definition) is 4. The molecular formula is C35H38F4N2O3. The Kier molecular flexibility index (Phi) is 9.86. The summed E-state index contributed by atoms with van der Waals surface area (Å²) in [7, 11) is 0. The zero-order valence-corrected chi connectivity index (χ0v) is 25.2. The lowest BCUT2D eigenvalue weighted by Crippen LogP contribution is -2.37. The van der Waals surface area contributed by atoms with Gasteiger partial charge in [0.15, 0.2) is 5.60 Å². The number of allylic oxidation sites excluding steroid dienone is 8. The van der Waals surface area contributed by atoms with Gasteiger partial charge in [-0.2, -0.15) is 8.78 Å². The van der Waals surface area contributed by atoms with Crippen LogP contribution in [0.4, 0.5) is 23.4 Å². The van der Waals surface area contributed by atoms with Crippen molar-refractivity contribution in [3.05, 3.63) is 108 Å². The second-order valence-corrected chi connectivity index (χ2v) is 11.8. The number of pyridine rings is 1. The van der Waals surface area contributed by atoms with Crippen molar-refractivity contribution in [3.8, 4) is 5.75 Å². The molecule has 0 spiro atoms. The molecule has 234 valence electrons. The summed E-state index contributed by atoms with van der Waals surface area (Å²) in [5.74, 6) is -6.78. The monoisotopic (exact) mass is 610 g/mol. The van der Waals surface area contributed by atoms with E-state index in [0.29, 0.717) is 49.1 Å². The van der Waals surface area contributed by atoms with Crippen LogP contribution >= 0.6 is 0 Å². The molecule has 1 heterocycles. The molecule has 4 rings (SSSR count). The van der Waals surface area contributed by atoms with E-state index in [9.17, 15) is 27.5 Å². The minimum atomic E-state index is -3.09. The van der Waals surface area contributed by atoms with Gasteiger partial charge in [-0.3, -0.25) is 0 Å². The first-order valence-electron chi connectivity index (χ1n) is 14.6. The summed E-state index contributed by atoms with van der Waals surface area (Å²) in [6, 6.07) is 10.9. The molecular weight excluding hydrogens is 572 g/mol. The van der Waals surface area contributed by atoms with Crippen LogP contribution in [0.1, 0.15) is 44.7 Å². The fourth-order valence-electron chi connectivity index (χ4n) is 5.05. The molecule has 0 radical (unpaired) electrons. The van der Waals surface area contributed by atoms with E-state index in [2.05, 4.69) is 16.5 Å². The van der Waals surface area contributed by atoms with Crippen LogP contribution in [-0.4, -0.2) is 46.6 Å². The van der Waals surface area contributed by atoms with E-state index in [1.165, 1.54) is 19.9 Å². The molecule has 0 amide bonds. The number of rotatable bonds is 13. The zero-order valence-electron chi connectivity index (χ0n) is 25.2. The number of nitrogens with zero attached hydrogens (tertiary/aromatic N) is 2. The van der Waals surface area contributed by atoms with Crippen molar-refractivity contribution in [3.63, 3.8) is 0 Å². The molecule has 1 aromatic carbocycles. The molecule has 44 heavy (non-hydrogen) atoms. The van der Waals surface area contributed by atoms with Crippen molar-refractivity contribution in [1.29, 1.82) is 0 Å². The number of aromatic nitrogens is 1. The molecule has 2 aliphatic carbocycles. The molecule has 2 aliphatic rings. The van der Waals surface area contributed by atoms with Crippen LogP contribution in [0.15, 0.2) is 97.3 Å². The van der Waals surface area contributed by atoms with Crippen LogP contribution in [0.25, 0.3) is 5.57 Å². The van der Waals surface area contributed by atoms with Crippen LogP contribution in [-0.2, 0) is 11.2 Å². The first-order chi connectivity index (χ1) is 20.7. The Morgan fingerprint density at radius 2 is 1.82 bits per heavy atom. The maximum absolute atomic E-state index is 14.1. The number of carboxylic acids is 1. The molecule has 0 aliphatic heterocycles. The van der Waals surface area contributed by atoms with Gasteiger partial charge in [0.2, 0.25) is 0 Å². The quantitative estimate of drug-likeness (QED) is 0.183. The Hall–Kier alpha value is -4.14. The first-order valence-corrected chi connectivity index (χ1v) is 14.6. The van der Waals surface area contributed by atoms with E-state index in [1.807, 2.05) is 30.3 Å². The molecule has 0 bridgehead atoms. The van der Waals surface area contributed by atoms with Crippen LogP contribution in [0.5, 0.6) is 5.75 Å². The lowest BCUT2D eigenvalue weighted by molar-refractivity contribution is -0.152. The normalized spacial score (nSPS) is 18.8. The molecule has 0 saturated carbocycles. The van der Waals surface area contributed by atoms with Crippen LogP contribution < -0.4 is 9.64 Å². The van der Waals surface area contributed by atoms with Gasteiger partial charge in [-0.1, -0.05) is 55.2 Å². The van der Waals surface area contributed by atoms with Crippen molar-refractivity contribution in [1.82, 2.24) is 4.98 Å². The summed E-state index contributed by atoms with van der Waals surface area (Å²) >= 11 is 0. The molecule has 1 aromatic heterocycles. The summed E-state index contributed by atoms with van der Waals surface area (Å²) < 4.78 is 61.7. The number of benzene rings is 1. The van der Waals surface area contributed by atoms with Gasteiger partial charge in [-0.25, -0.2) is 18.6 Å². The number of carbonyl (C=O) groups is 1. The third kappa shape index (κ3) is 8.27. The van der Waals surface area contributed by atoms with Gasteiger partial charge >= 0.3 is 5.97 Å². The molecule has 5 nitrogen and oxygen atoms in total. The first kappa shape index (κ1) is 32.8. The summed E-state index contributed by atoms with van der Waals surface area (Å²) in [5, 5.41) is 9.32. The standard InChI is InChI=1S/C35H38F4N2O3/c1-5-35(38,39)28-14-9-25(10-15-28)23-41(20-19-24-11-16-30(17-12-24)44-33(2,3)32(42)43)31-18-13-27(22-40-31)26-7-6-8-29(21-26)34(4,36)37/h5-7,9,11-18,21-22,25,29H,1,8,10,19-20,23H2,2-4H3,(H,42,43). The van der Waals surface area contributed by atoms with Crippen molar-refractivity contribution < 1.29 is 32.2 Å². The fraction of sp³-hybridized carbons (Fsp3) is 0.371. The van der Waals surface area contributed by atoms with E-state index in [-0.39, 0.29) is 17.9 Å². The maximum atomic E-state index is 14.1. The number of carboxylic acid groups (broad SMARTS) is 1. The van der Waals surface area contributed by atoms with Gasteiger partial charge in [0.1, 0.15) is 11.6 Å². The number of alkyl halides is 4. The SMILES string of the molecule is C=CC(F)(F)C1=CCC(CN(CCc2ccc(OC(C)(C)C(=O)O)cc2)c2ccc(C3=CC(C(C)(F)F)CC=C3)cn2)C=C1. The Balaban J connectivity index is 1.51. The average Bonchev–Trinajstić information content (AvgIpc) is 3.00. The average molecular weight is 611 g/mol. The molecule has 0 fully saturated rings. The zero-order chi connectivity index (χ0) is 32.1. The fourth-order valence-corrected chi connectivity index (χ4v) is 5.05. The van der Waals surface area contributed by atoms with Gasteiger partial charge in [-0.05, 0) is 93.0 Å². The van der Waals surface area contributed by atoms with Crippen LogP contribution in [0.3, 0.4) is 0 Å². The third-order valence-corrected chi connectivity index (χ3v) is 7.89. The second-order valence-electron chi connectivity index (χ2n) is 11.8. The van der Waals surface area contributed by atoms with E-state index < -0.39 is 29.3 Å². The van der Waals surface area contributed by atoms with Crippen LogP contribution in [0.2, 0.25) is 0 Å². The van der Waals surface area contributed by atoms with Crippen molar-refractivity contribution in [2.45, 2.75) is 57.5 Å². The number of halogens is 4. The van der Waals surface area contributed by atoms with E-state index in [4.69, 9.17) is 4.74 Å². The van der Waals surface area contributed by atoms with Crippen molar-refractivity contribution in [2.24, 2.45) is 11.8 Å². The predicted octanol–water partition coefficient (Wildman–Crippen LogP) is 8.31. The highest BCUT2D eigenvalue weighted by Gasteiger charge is 2.33. The molecule has 9 heteroatoms. The number of aliphatic carboxylic acids is 1. The van der Waals surface area contributed by atoms with E-state index in [0.717, 1.165) is 18.1 Å². The lowest BCUT2D eigenvalue weighted by Gasteiger charge is -2.29. The highest BCUT2D eigenvalue weighted by atomic mass is 19.3. The Bertz CT molecular complexity index is 1450. The van der Waals surface area contributed by atoms with Gasteiger partial charge in [0.05, 0.1) is 0 Å². The molecule has 1 N–H and O–H groups in total. The highest BCUT2D eigenvalue weighted by molar-refractivity contribution is 5.77. The summed E-state index contributed by atoms with van der Waals surface area (Å²) in [5.41, 5.74) is 0.975. The minimum Gasteiger partial charge on any atom is -0.478 e. The second kappa shape index (κ2) is 13.2. The number of anilines is 1. The molecule has 2 aromatic rings. The van der Waals surface area contributed by atoms with Crippen molar-refractivity contribution >= 4 is 17.4 Å². The largest absolute Gasteiger partial charge is 0.478 e. The Morgan fingerprint density at radius 1 is 1.09 bits per heavy atom. The molecule has 2 atom stereocenters. The summed E-state index contributed by atoms with van der Waals surface area (Å²) in [6.45, 7) is 8.20. The van der Waals surface area contributed by atoms with Gasteiger partial charge < -0.3 is 14.7 Å². The molecule has 2 unspecified atom stereocenters. The molecule has 0 saturated heterocycles. The summed E-state index contributed by atoms with van der Waals surface area (Å²) in [4.78, 5) is 18.1. The van der Waals surface area contributed by atoms with Crippen LogP contribution in [0, 0.1) is 11.8 Å². The van der Waals surface area contributed by atoms with Gasteiger partial charge in [0, 0.05) is 30.8 Å². The van der Waals surface area contributed by atoms with Gasteiger partial charge in [0.25, 0.3) is 11.8 Å². The highest BCUT2D eigenvalue weighted by Crippen LogP contribution is 2.35.